The number of hydrogen-bond acceptors (Lipinski definition) is 3. The number of urea groups is 1. The molecule has 1 aliphatic rings. The van der Waals surface area contributed by atoms with Crippen molar-refractivity contribution in [2.75, 3.05) is 18.4 Å². The zero-order valence-corrected chi connectivity index (χ0v) is 12.7. The number of carbonyl (C=O) groups is 1. The summed E-state index contributed by atoms with van der Waals surface area (Å²) in [4.78, 5) is 13.8. The van der Waals surface area contributed by atoms with Gasteiger partial charge in [-0.1, -0.05) is 17.3 Å². The number of benzene rings is 1. The van der Waals surface area contributed by atoms with Crippen molar-refractivity contribution in [3.05, 3.63) is 42.2 Å². The number of aromatic nitrogens is 3. The highest BCUT2D eigenvalue weighted by molar-refractivity contribution is 5.90. The highest BCUT2D eigenvalue weighted by Gasteiger charge is 2.34. The van der Waals surface area contributed by atoms with Crippen LogP contribution in [0.1, 0.15) is 24.4 Å². The molecule has 1 saturated heterocycles. The second-order valence-corrected chi connectivity index (χ2v) is 5.57. The van der Waals surface area contributed by atoms with E-state index >= 15 is 0 Å². The molecule has 1 aliphatic heterocycles. The van der Waals surface area contributed by atoms with Gasteiger partial charge in [0.2, 0.25) is 0 Å². The minimum Gasteiger partial charge on any atom is -0.324 e. The summed E-state index contributed by atoms with van der Waals surface area (Å²) in [5, 5.41) is 10.1. The number of alkyl halides is 3. The molecular formula is C15H16F3N5O. The Hall–Kier alpha value is -2.58. The van der Waals surface area contributed by atoms with Gasteiger partial charge in [0.05, 0.1) is 23.5 Å². The van der Waals surface area contributed by atoms with E-state index < -0.39 is 17.8 Å². The zero-order valence-electron chi connectivity index (χ0n) is 12.7. The lowest BCUT2D eigenvalue weighted by molar-refractivity contribution is -0.136. The monoisotopic (exact) mass is 339 g/mol. The molecule has 1 aromatic carbocycles. The molecule has 0 radical (unpaired) electrons. The van der Waals surface area contributed by atoms with E-state index in [4.69, 9.17) is 0 Å². The van der Waals surface area contributed by atoms with Crippen molar-refractivity contribution in [3.8, 4) is 0 Å². The van der Waals surface area contributed by atoms with Gasteiger partial charge >= 0.3 is 12.2 Å². The van der Waals surface area contributed by atoms with Gasteiger partial charge in [-0.3, -0.25) is 0 Å². The molecule has 9 heteroatoms. The van der Waals surface area contributed by atoms with Crippen LogP contribution in [0.25, 0.3) is 0 Å². The van der Waals surface area contributed by atoms with Gasteiger partial charge in [-0.05, 0) is 25.0 Å². The maximum Gasteiger partial charge on any atom is 0.418 e. The molecule has 0 unspecified atom stereocenters. The number of anilines is 1. The third-order valence-corrected chi connectivity index (χ3v) is 4.04. The van der Waals surface area contributed by atoms with E-state index in [1.807, 2.05) is 0 Å². The molecule has 0 spiro atoms. The number of halogens is 3. The fourth-order valence-corrected chi connectivity index (χ4v) is 2.78. The van der Waals surface area contributed by atoms with E-state index in [2.05, 4.69) is 15.6 Å². The van der Waals surface area contributed by atoms with Crippen LogP contribution in [0.3, 0.4) is 0 Å². The molecule has 1 N–H and O–H groups in total. The maximum atomic E-state index is 13.0. The summed E-state index contributed by atoms with van der Waals surface area (Å²) in [6, 6.07) is 4.59. The minimum absolute atomic E-state index is 0.152. The van der Waals surface area contributed by atoms with Crippen molar-refractivity contribution < 1.29 is 18.0 Å². The second kappa shape index (κ2) is 6.50. The van der Waals surface area contributed by atoms with Crippen LogP contribution in [-0.4, -0.2) is 39.0 Å². The zero-order chi connectivity index (χ0) is 17.2. The molecule has 0 atom stereocenters. The quantitative estimate of drug-likeness (QED) is 0.914. The first-order chi connectivity index (χ1) is 11.4. The Bertz CT molecular complexity index is 693. The average molecular weight is 339 g/mol. The number of likely N-dealkylation sites (tertiary alicyclic amines) is 1. The number of nitrogens with zero attached hydrogens (tertiary/aromatic N) is 4. The minimum atomic E-state index is -4.51. The molecule has 2 amide bonds. The Morgan fingerprint density at radius 1 is 1.21 bits per heavy atom. The number of nitrogens with one attached hydrogen (secondary N) is 1. The van der Waals surface area contributed by atoms with Gasteiger partial charge in [-0.15, -0.1) is 5.10 Å². The van der Waals surface area contributed by atoms with E-state index in [1.54, 1.807) is 17.1 Å². The Morgan fingerprint density at radius 2 is 1.92 bits per heavy atom. The highest BCUT2D eigenvalue weighted by atomic mass is 19.4. The molecular weight excluding hydrogens is 323 g/mol. The topological polar surface area (TPSA) is 63.1 Å². The summed E-state index contributed by atoms with van der Waals surface area (Å²) in [6.45, 7) is 0.898. The summed E-state index contributed by atoms with van der Waals surface area (Å²) < 4.78 is 40.7. The summed E-state index contributed by atoms with van der Waals surface area (Å²) in [6.07, 6.45) is 0.201. The number of piperidine rings is 1. The van der Waals surface area contributed by atoms with Gasteiger partial charge in [-0.25, -0.2) is 9.48 Å². The Kier molecular flexibility index (Phi) is 4.41. The molecule has 0 saturated carbocycles. The molecule has 1 aromatic heterocycles. The van der Waals surface area contributed by atoms with Crippen LogP contribution in [-0.2, 0) is 6.18 Å². The Balaban J connectivity index is 1.63. The summed E-state index contributed by atoms with van der Waals surface area (Å²) >= 11 is 0. The van der Waals surface area contributed by atoms with E-state index in [1.165, 1.54) is 23.1 Å². The average Bonchev–Trinajstić information content (AvgIpc) is 3.09. The number of para-hydroxylation sites is 1. The molecule has 128 valence electrons. The molecule has 2 heterocycles. The molecule has 2 aromatic rings. The van der Waals surface area contributed by atoms with Crippen molar-refractivity contribution in [2.24, 2.45) is 0 Å². The van der Waals surface area contributed by atoms with Gasteiger partial charge in [-0.2, -0.15) is 13.2 Å². The number of amides is 2. The van der Waals surface area contributed by atoms with Crippen molar-refractivity contribution in [1.29, 1.82) is 0 Å². The highest BCUT2D eigenvalue weighted by Crippen LogP contribution is 2.34. The van der Waals surface area contributed by atoms with Crippen LogP contribution in [0.5, 0.6) is 0 Å². The van der Waals surface area contributed by atoms with Gasteiger partial charge in [0.25, 0.3) is 0 Å². The standard InChI is InChI=1S/C15H16F3N5O/c16-15(17,18)12-3-1-2-4-13(12)20-14(24)22-8-5-11(6-9-22)23-10-7-19-21-23/h1-4,7,10-11H,5-6,8-9H2,(H,20,24). The molecule has 6 nitrogen and oxygen atoms in total. The van der Waals surface area contributed by atoms with Gasteiger partial charge in [0.15, 0.2) is 0 Å². The van der Waals surface area contributed by atoms with Crippen LogP contribution >= 0.6 is 0 Å². The fraction of sp³-hybridized carbons (Fsp3) is 0.400. The van der Waals surface area contributed by atoms with Crippen LogP contribution in [0.2, 0.25) is 0 Å². The number of rotatable bonds is 2. The maximum absolute atomic E-state index is 13.0. The van der Waals surface area contributed by atoms with Crippen molar-refractivity contribution in [1.82, 2.24) is 19.9 Å². The second-order valence-electron chi connectivity index (χ2n) is 5.57. The number of hydrogen-bond donors (Lipinski definition) is 1. The molecule has 1 fully saturated rings. The summed E-state index contributed by atoms with van der Waals surface area (Å²) in [7, 11) is 0. The van der Waals surface area contributed by atoms with Gasteiger partial charge in [0, 0.05) is 19.3 Å². The predicted octanol–water partition coefficient (Wildman–Crippen LogP) is 3.17. The van der Waals surface area contributed by atoms with E-state index in [0.717, 1.165) is 6.07 Å². The fourth-order valence-electron chi connectivity index (χ4n) is 2.78. The first-order valence-electron chi connectivity index (χ1n) is 7.53. The van der Waals surface area contributed by atoms with Crippen molar-refractivity contribution >= 4 is 11.7 Å². The van der Waals surface area contributed by atoms with Gasteiger partial charge in [0.1, 0.15) is 0 Å². The summed E-state index contributed by atoms with van der Waals surface area (Å²) in [5.74, 6) is 0. The SMILES string of the molecule is O=C(Nc1ccccc1C(F)(F)F)N1CCC(n2ccnn2)CC1. The largest absolute Gasteiger partial charge is 0.418 e. The molecule has 0 aliphatic carbocycles. The van der Waals surface area contributed by atoms with Crippen LogP contribution < -0.4 is 5.32 Å². The van der Waals surface area contributed by atoms with Crippen molar-refractivity contribution in [2.45, 2.75) is 25.1 Å². The smallest absolute Gasteiger partial charge is 0.324 e. The third kappa shape index (κ3) is 3.50. The molecule has 0 bridgehead atoms. The summed E-state index contributed by atoms with van der Waals surface area (Å²) in [5.41, 5.74) is -1.08. The van der Waals surface area contributed by atoms with E-state index in [9.17, 15) is 18.0 Å². The van der Waals surface area contributed by atoms with Crippen LogP contribution in [0.15, 0.2) is 36.7 Å². The molecule has 3 rings (SSSR count). The lowest BCUT2D eigenvalue weighted by Gasteiger charge is -2.32. The first kappa shape index (κ1) is 16.3. The predicted molar refractivity (Wildman–Crippen MR) is 80.3 cm³/mol. The lowest BCUT2D eigenvalue weighted by Crippen LogP contribution is -2.41. The Morgan fingerprint density at radius 3 is 2.54 bits per heavy atom. The first-order valence-corrected chi connectivity index (χ1v) is 7.53. The molecule has 24 heavy (non-hydrogen) atoms. The van der Waals surface area contributed by atoms with Crippen molar-refractivity contribution in [3.63, 3.8) is 0 Å². The van der Waals surface area contributed by atoms with E-state index in [0.29, 0.717) is 25.9 Å². The lowest BCUT2D eigenvalue weighted by atomic mass is 10.1. The van der Waals surface area contributed by atoms with Gasteiger partial charge < -0.3 is 10.2 Å². The third-order valence-electron chi connectivity index (χ3n) is 4.04. The Labute approximate surface area is 136 Å². The normalized spacial score (nSPS) is 16.2. The van der Waals surface area contributed by atoms with Crippen LogP contribution in [0.4, 0.5) is 23.7 Å². The van der Waals surface area contributed by atoms with Crippen LogP contribution in [0, 0.1) is 0 Å². The van der Waals surface area contributed by atoms with E-state index in [-0.39, 0.29) is 11.7 Å². The number of carbonyl (C=O) groups excluding carboxylic acids is 1.